The maximum atomic E-state index is 13.0. The molecule has 1 heterocycles. The van der Waals surface area contributed by atoms with Crippen molar-refractivity contribution in [3.05, 3.63) is 65.2 Å². The molecule has 162 valence electrons. The van der Waals surface area contributed by atoms with Gasteiger partial charge in [0.25, 0.3) is 5.91 Å². The number of rotatable bonds is 7. The van der Waals surface area contributed by atoms with Crippen LogP contribution < -0.4 is 10.2 Å². The fourth-order valence-corrected chi connectivity index (χ4v) is 5.55. The molecule has 1 aliphatic heterocycles. The normalized spacial score (nSPS) is 16.9. The second kappa shape index (κ2) is 9.73. The molecule has 2 aromatic rings. The molecule has 2 N–H and O–H groups in total. The Hall–Kier alpha value is -2.22. The van der Waals surface area contributed by atoms with Gasteiger partial charge in [0.05, 0.1) is 31.1 Å². The van der Waals surface area contributed by atoms with E-state index in [2.05, 4.69) is 24.4 Å². The number of piperazine rings is 1. The minimum absolute atomic E-state index is 0.0126. The fourth-order valence-electron chi connectivity index (χ4n) is 3.80. The second-order valence-corrected chi connectivity index (χ2v) is 10.1. The van der Waals surface area contributed by atoms with E-state index in [0.29, 0.717) is 44.2 Å². The lowest BCUT2D eigenvalue weighted by Gasteiger charge is -2.31. The third-order valence-electron chi connectivity index (χ3n) is 5.78. The van der Waals surface area contributed by atoms with Gasteiger partial charge in [0, 0.05) is 6.54 Å². The van der Waals surface area contributed by atoms with Crippen LogP contribution in [0.25, 0.3) is 0 Å². The summed E-state index contributed by atoms with van der Waals surface area (Å²) in [6, 6.07) is 15.6. The minimum atomic E-state index is -3.50. The Morgan fingerprint density at radius 3 is 2.43 bits per heavy atom. The first-order chi connectivity index (χ1) is 14.3. The van der Waals surface area contributed by atoms with E-state index in [9.17, 15) is 13.2 Å². The Balaban J connectivity index is 1.49. The number of sulfonamides is 1. The Bertz CT molecular complexity index is 968. The molecule has 1 atom stereocenters. The van der Waals surface area contributed by atoms with E-state index in [1.165, 1.54) is 5.56 Å². The van der Waals surface area contributed by atoms with Crippen molar-refractivity contribution in [1.82, 2.24) is 9.62 Å². The summed E-state index contributed by atoms with van der Waals surface area (Å²) in [5, 5.41) is 3.02. The number of nitrogens with zero attached hydrogens (tertiary/aromatic N) is 1. The summed E-state index contributed by atoms with van der Waals surface area (Å²) >= 11 is 0. The molecule has 1 fully saturated rings. The number of amides is 1. The predicted molar refractivity (Wildman–Crippen MR) is 118 cm³/mol. The number of carbonyl (C=O) groups excluding carboxylic acids is 1. The first-order valence-corrected chi connectivity index (χ1v) is 11.9. The van der Waals surface area contributed by atoms with E-state index in [1.807, 2.05) is 44.2 Å². The highest BCUT2D eigenvalue weighted by atomic mass is 32.2. The highest BCUT2D eigenvalue weighted by Crippen LogP contribution is 2.21. The summed E-state index contributed by atoms with van der Waals surface area (Å²) in [7, 11) is -3.50. The molecule has 1 amide bonds. The smallest absolute Gasteiger partial charge is 0.275 e. The van der Waals surface area contributed by atoms with Gasteiger partial charge >= 0.3 is 0 Å². The van der Waals surface area contributed by atoms with Crippen LogP contribution in [0, 0.1) is 13.8 Å². The fraction of sp³-hybridized carbons (Fsp3) is 0.435. The Morgan fingerprint density at radius 1 is 1.10 bits per heavy atom. The Morgan fingerprint density at radius 2 is 1.77 bits per heavy atom. The van der Waals surface area contributed by atoms with E-state index in [0.717, 1.165) is 16.0 Å². The minimum Gasteiger partial charge on any atom is -0.351 e. The number of hydrogen-bond acceptors (Lipinski definition) is 3. The van der Waals surface area contributed by atoms with Crippen molar-refractivity contribution in [2.45, 2.75) is 31.6 Å². The number of aryl methyl sites for hydroxylation is 2. The van der Waals surface area contributed by atoms with Gasteiger partial charge in [0.15, 0.2) is 6.54 Å². The molecule has 0 bridgehead atoms. The monoisotopic (exact) mass is 430 g/mol. The lowest BCUT2D eigenvalue weighted by atomic mass is 10.0. The molecule has 0 saturated carbocycles. The first-order valence-electron chi connectivity index (χ1n) is 10.5. The third kappa shape index (κ3) is 5.47. The van der Waals surface area contributed by atoms with Crippen molar-refractivity contribution in [2.75, 3.05) is 39.3 Å². The van der Waals surface area contributed by atoms with Crippen LogP contribution in [-0.4, -0.2) is 57.9 Å². The SMILES string of the molecule is Cc1ccc(C)c(S(=O)(=O)N2CC[NH+](CC(=O)NC[C@H](C)c3ccccc3)CC2)c1. The number of benzene rings is 2. The van der Waals surface area contributed by atoms with Gasteiger partial charge in [-0.25, -0.2) is 8.42 Å². The summed E-state index contributed by atoms with van der Waals surface area (Å²) in [4.78, 5) is 13.9. The molecule has 0 unspecified atom stereocenters. The van der Waals surface area contributed by atoms with Crippen LogP contribution in [-0.2, 0) is 14.8 Å². The van der Waals surface area contributed by atoms with Gasteiger partial charge in [-0.3, -0.25) is 4.79 Å². The summed E-state index contributed by atoms with van der Waals surface area (Å²) in [6.45, 7) is 8.92. The molecule has 0 aromatic heterocycles. The Kier molecular flexibility index (Phi) is 7.28. The van der Waals surface area contributed by atoms with Crippen molar-refractivity contribution >= 4 is 15.9 Å². The maximum Gasteiger partial charge on any atom is 0.275 e. The number of quaternary nitrogens is 1. The van der Waals surface area contributed by atoms with E-state index in [4.69, 9.17) is 0 Å². The van der Waals surface area contributed by atoms with E-state index < -0.39 is 10.0 Å². The largest absolute Gasteiger partial charge is 0.351 e. The van der Waals surface area contributed by atoms with Crippen LogP contribution in [0.3, 0.4) is 0 Å². The zero-order valence-corrected chi connectivity index (χ0v) is 18.8. The number of hydrogen-bond donors (Lipinski definition) is 2. The van der Waals surface area contributed by atoms with E-state index in [1.54, 1.807) is 10.4 Å². The van der Waals surface area contributed by atoms with E-state index in [-0.39, 0.29) is 11.8 Å². The number of carbonyl (C=O) groups is 1. The lowest BCUT2D eigenvalue weighted by molar-refractivity contribution is -0.895. The molecule has 2 aromatic carbocycles. The van der Waals surface area contributed by atoms with Crippen molar-refractivity contribution in [1.29, 1.82) is 0 Å². The van der Waals surface area contributed by atoms with Crippen LogP contribution in [0.5, 0.6) is 0 Å². The second-order valence-electron chi connectivity index (χ2n) is 8.22. The average Bonchev–Trinajstić information content (AvgIpc) is 2.74. The van der Waals surface area contributed by atoms with Gasteiger partial charge in [-0.15, -0.1) is 0 Å². The summed E-state index contributed by atoms with van der Waals surface area (Å²) in [5.74, 6) is 0.267. The molecular formula is C23H32N3O3S+. The van der Waals surface area contributed by atoms with Crippen LogP contribution in [0.15, 0.2) is 53.4 Å². The summed E-state index contributed by atoms with van der Waals surface area (Å²) in [6.07, 6.45) is 0. The number of nitrogens with one attached hydrogen (secondary N) is 2. The summed E-state index contributed by atoms with van der Waals surface area (Å²) < 4.78 is 27.6. The van der Waals surface area contributed by atoms with Gasteiger partial charge in [-0.1, -0.05) is 49.4 Å². The van der Waals surface area contributed by atoms with Crippen molar-refractivity contribution < 1.29 is 18.1 Å². The van der Waals surface area contributed by atoms with E-state index >= 15 is 0 Å². The Labute approximate surface area is 179 Å². The van der Waals surface area contributed by atoms with Crippen molar-refractivity contribution in [3.63, 3.8) is 0 Å². The molecule has 1 saturated heterocycles. The standard InChI is InChI=1S/C23H31N3O3S/c1-18-9-10-19(2)22(15-18)30(28,29)26-13-11-25(12-14-26)17-23(27)24-16-20(3)21-7-5-4-6-8-21/h4-10,15,20H,11-14,16-17H2,1-3H3,(H,24,27)/p+1/t20-/m0/s1. The predicted octanol–water partition coefficient (Wildman–Crippen LogP) is 1.11. The average molecular weight is 431 g/mol. The molecule has 0 aliphatic carbocycles. The zero-order chi connectivity index (χ0) is 21.7. The van der Waals surface area contributed by atoms with Crippen LogP contribution in [0.2, 0.25) is 0 Å². The van der Waals surface area contributed by atoms with Crippen LogP contribution >= 0.6 is 0 Å². The van der Waals surface area contributed by atoms with Crippen molar-refractivity contribution in [2.24, 2.45) is 0 Å². The first kappa shape index (κ1) is 22.5. The van der Waals surface area contributed by atoms with Gasteiger partial charge in [0.1, 0.15) is 0 Å². The molecule has 0 radical (unpaired) electrons. The highest BCUT2D eigenvalue weighted by molar-refractivity contribution is 7.89. The van der Waals surface area contributed by atoms with Gasteiger partial charge in [0.2, 0.25) is 10.0 Å². The molecule has 30 heavy (non-hydrogen) atoms. The molecule has 6 nitrogen and oxygen atoms in total. The molecule has 3 rings (SSSR count). The molecule has 7 heteroatoms. The van der Waals surface area contributed by atoms with Crippen LogP contribution in [0.4, 0.5) is 0 Å². The third-order valence-corrected chi connectivity index (χ3v) is 7.82. The zero-order valence-electron chi connectivity index (χ0n) is 18.0. The molecular weight excluding hydrogens is 398 g/mol. The quantitative estimate of drug-likeness (QED) is 0.691. The highest BCUT2D eigenvalue weighted by Gasteiger charge is 2.32. The maximum absolute atomic E-state index is 13.0. The van der Waals surface area contributed by atoms with Crippen LogP contribution in [0.1, 0.15) is 29.5 Å². The molecule has 0 spiro atoms. The molecule has 1 aliphatic rings. The van der Waals surface area contributed by atoms with Crippen molar-refractivity contribution in [3.8, 4) is 0 Å². The van der Waals surface area contributed by atoms with Gasteiger partial charge in [-0.05, 0) is 42.5 Å². The van der Waals surface area contributed by atoms with Gasteiger partial charge < -0.3 is 10.2 Å². The van der Waals surface area contributed by atoms with Gasteiger partial charge in [-0.2, -0.15) is 4.31 Å². The summed E-state index contributed by atoms with van der Waals surface area (Å²) in [5.41, 5.74) is 2.91. The lowest BCUT2D eigenvalue weighted by Crippen LogP contribution is -3.15. The topological polar surface area (TPSA) is 70.9 Å².